The predicted octanol–water partition coefficient (Wildman–Crippen LogP) is 1.28. The van der Waals surface area contributed by atoms with Gasteiger partial charge in [-0.25, -0.2) is 13.1 Å². The minimum Gasteiger partial charge on any atom is -0.506 e. The third-order valence-electron chi connectivity index (χ3n) is 4.78. The van der Waals surface area contributed by atoms with E-state index in [9.17, 15) is 18.3 Å². The summed E-state index contributed by atoms with van der Waals surface area (Å²) in [5.74, 6) is 0.00188. The lowest BCUT2D eigenvalue weighted by atomic mass is 10.1. The maximum Gasteiger partial charge on any atom is 0.254 e. The Morgan fingerprint density at radius 3 is 2.52 bits per heavy atom. The molecule has 0 atom stereocenters. The first kappa shape index (κ1) is 21.1. The van der Waals surface area contributed by atoms with Crippen LogP contribution in [0, 0.1) is 0 Å². The molecule has 2 aromatic carbocycles. The van der Waals surface area contributed by atoms with Gasteiger partial charge in [-0.3, -0.25) is 4.79 Å². The molecule has 29 heavy (non-hydrogen) atoms. The van der Waals surface area contributed by atoms with Crippen LogP contribution < -0.4 is 9.62 Å². The van der Waals surface area contributed by atoms with Crippen LogP contribution in [-0.2, 0) is 14.8 Å². The van der Waals surface area contributed by atoms with Gasteiger partial charge in [-0.2, -0.15) is 0 Å². The number of rotatable bonds is 7. The van der Waals surface area contributed by atoms with Gasteiger partial charge in [-0.15, -0.1) is 0 Å². The van der Waals surface area contributed by atoms with Gasteiger partial charge in [0.2, 0.25) is 10.0 Å². The molecule has 0 radical (unpaired) electrons. The fourth-order valence-corrected chi connectivity index (χ4v) is 4.28. The van der Waals surface area contributed by atoms with Crippen LogP contribution in [0.2, 0.25) is 0 Å². The Labute approximate surface area is 170 Å². The van der Waals surface area contributed by atoms with Gasteiger partial charge in [-0.05, 0) is 30.3 Å². The zero-order valence-corrected chi connectivity index (χ0v) is 17.1. The van der Waals surface area contributed by atoms with E-state index in [0.717, 1.165) is 5.69 Å². The van der Waals surface area contributed by atoms with E-state index in [1.807, 2.05) is 17.0 Å². The first-order valence-electron chi connectivity index (χ1n) is 9.33. The predicted molar refractivity (Wildman–Crippen MR) is 110 cm³/mol. The van der Waals surface area contributed by atoms with Crippen molar-refractivity contribution in [1.82, 2.24) is 9.62 Å². The standard InChI is InChI=1S/C20H25N3O5S/c1-28-14-9-21-29(26,27)17-6-4-5-16(15-17)20(25)23-12-10-22(11-13-23)18-7-2-3-8-19(18)24/h2-8,15,21,24H,9-14H2,1H3. The Morgan fingerprint density at radius 1 is 1.10 bits per heavy atom. The van der Waals surface area contributed by atoms with Crippen molar-refractivity contribution in [2.75, 3.05) is 51.3 Å². The van der Waals surface area contributed by atoms with Gasteiger partial charge >= 0.3 is 0 Å². The third-order valence-corrected chi connectivity index (χ3v) is 6.24. The number of methoxy groups -OCH3 is 1. The third kappa shape index (κ3) is 5.06. The molecule has 1 amide bonds. The van der Waals surface area contributed by atoms with Crippen molar-refractivity contribution in [3.8, 4) is 5.75 Å². The highest BCUT2D eigenvalue weighted by Crippen LogP contribution is 2.27. The normalized spacial score (nSPS) is 14.8. The SMILES string of the molecule is COCCNS(=O)(=O)c1cccc(C(=O)N2CCN(c3ccccc3O)CC2)c1. The number of piperazine rings is 1. The molecular formula is C20H25N3O5S. The average Bonchev–Trinajstić information content (AvgIpc) is 2.74. The lowest BCUT2D eigenvalue weighted by Crippen LogP contribution is -2.48. The van der Waals surface area contributed by atoms with Gasteiger partial charge in [0, 0.05) is 45.4 Å². The van der Waals surface area contributed by atoms with Crippen molar-refractivity contribution in [3.63, 3.8) is 0 Å². The minimum absolute atomic E-state index is 0.0484. The van der Waals surface area contributed by atoms with E-state index in [1.54, 1.807) is 29.2 Å². The first-order valence-corrected chi connectivity index (χ1v) is 10.8. The first-order chi connectivity index (χ1) is 13.9. The lowest BCUT2D eigenvalue weighted by Gasteiger charge is -2.36. The quantitative estimate of drug-likeness (QED) is 0.656. The van der Waals surface area contributed by atoms with Crippen LogP contribution in [0.4, 0.5) is 5.69 Å². The van der Waals surface area contributed by atoms with Crippen molar-refractivity contribution >= 4 is 21.6 Å². The molecule has 0 aromatic heterocycles. The molecule has 0 aliphatic carbocycles. The number of phenols is 1. The van der Waals surface area contributed by atoms with E-state index in [4.69, 9.17) is 4.74 Å². The van der Waals surface area contributed by atoms with E-state index >= 15 is 0 Å². The molecular weight excluding hydrogens is 394 g/mol. The number of carbonyl (C=O) groups excluding carboxylic acids is 1. The number of nitrogens with zero attached hydrogens (tertiary/aromatic N) is 2. The monoisotopic (exact) mass is 419 g/mol. The summed E-state index contributed by atoms with van der Waals surface area (Å²) in [6.45, 7) is 2.55. The number of benzene rings is 2. The van der Waals surface area contributed by atoms with Gasteiger partial charge in [0.1, 0.15) is 5.75 Å². The smallest absolute Gasteiger partial charge is 0.254 e. The summed E-state index contributed by atoms with van der Waals surface area (Å²) < 4.78 is 32.0. The second kappa shape index (κ2) is 9.25. The van der Waals surface area contributed by atoms with Gasteiger partial charge in [0.15, 0.2) is 0 Å². The van der Waals surface area contributed by atoms with Crippen LogP contribution in [-0.4, -0.2) is 70.8 Å². The van der Waals surface area contributed by atoms with Gasteiger partial charge in [0.05, 0.1) is 17.2 Å². The van der Waals surface area contributed by atoms with Crippen LogP contribution in [0.5, 0.6) is 5.75 Å². The van der Waals surface area contributed by atoms with Crippen LogP contribution in [0.25, 0.3) is 0 Å². The van der Waals surface area contributed by atoms with Crippen LogP contribution in [0.1, 0.15) is 10.4 Å². The summed E-state index contributed by atoms with van der Waals surface area (Å²) in [6.07, 6.45) is 0. The minimum atomic E-state index is -3.71. The highest BCUT2D eigenvalue weighted by molar-refractivity contribution is 7.89. The van der Waals surface area contributed by atoms with Gasteiger partial charge < -0.3 is 19.6 Å². The van der Waals surface area contributed by atoms with E-state index in [0.29, 0.717) is 31.7 Å². The maximum absolute atomic E-state index is 12.9. The molecule has 3 rings (SSSR count). The number of para-hydroxylation sites is 2. The largest absolute Gasteiger partial charge is 0.506 e. The highest BCUT2D eigenvalue weighted by atomic mass is 32.2. The Hall–Kier alpha value is -2.62. The number of aromatic hydroxyl groups is 1. The zero-order valence-electron chi connectivity index (χ0n) is 16.2. The topological polar surface area (TPSA) is 99.2 Å². The number of sulfonamides is 1. The van der Waals surface area contributed by atoms with Crippen molar-refractivity contribution in [1.29, 1.82) is 0 Å². The number of anilines is 1. The summed E-state index contributed by atoms with van der Waals surface area (Å²) in [5.41, 5.74) is 1.07. The number of hydrogen-bond acceptors (Lipinski definition) is 6. The number of phenolic OH excluding ortho intramolecular Hbond substituents is 1. The molecule has 1 saturated heterocycles. The Kier molecular flexibility index (Phi) is 6.73. The maximum atomic E-state index is 12.9. The number of carbonyl (C=O) groups is 1. The molecule has 1 fully saturated rings. The Balaban J connectivity index is 1.66. The molecule has 0 bridgehead atoms. The van der Waals surface area contributed by atoms with Crippen molar-refractivity contribution in [2.24, 2.45) is 0 Å². The molecule has 0 spiro atoms. The number of hydrogen-bond donors (Lipinski definition) is 2. The molecule has 1 aliphatic rings. The van der Waals surface area contributed by atoms with Crippen molar-refractivity contribution < 1.29 is 23.1 Å². The molecule has 1 heterocycles. The van der Waals surface area contributed by atoms with Gasteiger partial charge in [0.25, 0.3) is 5.91 Å². The highest BCUT2D eigenvalue weighted by Gasteiger charge is 2.24. The second-order valence-corrected chi connectivity index (χ2v) is 8.45. The summed E-state index contributed by atoms with van der Waals surface area (Å²) in [6, 6.07) is 13.2. The molecule has 156 valence electrons. The fraction of sp³-hybridized carbons (Fsp3) is 0.350. The Bertz CT molecular complexity index is 956. The molecule has 2 aromatic rings. The molecule has 9 heteroatoms. The summed E-state index contributed by atoms with van der Waals surface area (Å²) in [5, 5.41) is 10.0. The van der Waals surface area contributed by atoms with E-state index in [2.05, 4.69) is 4.72 Å². The summed E-state index contributed by atoms with van der Waals surface area (Å²) >= 11 is 0. The van der Waals surface area contributed by atoms with E-state index in [1.165, 1.54) is 19.2 Å². The molecule has 1 aliphatic heterocycles. The lowest BCUT2D eigenvalue weighted by molar-refractivity contribution is 0.0746. The van der Waals surface area contributed by atoms with Crippen LogP contribution in [0.15, 0.2) is 53.4 Å². The number of ether oxygens (including phenoxy) is 1. The molecule has 8 nitrogen and oxygen atoms in total. The number of amides is 1. The number of nitrogens with one attached hydrogen (secondary N) is 1. The average molecular weight is 420 g/mol. The summed E-state index contributed by atoms with van der Waals surface area (Å²) in [4.78, 5) is 16.6. The van der Waals surface area contributed by atoms with Gasteiger partial charge in [-0.1, -0.05) is 18.2 Å². The molecule has 0 unspecified atom stereocenters. The Morgan fingerprint density at radius 2 is 1.83 bits per heavy atom. The second-order valence-electron chi connectivity index (χ2n) is 6.69. The zero-order chi connectivity index (χ0) is 20.9. The molecule has 2 N–H and O–H groups in total. The van der Waals surface area contributed by atoms with E-state index in [-0.39, 0.29) is 29.7 Å². The summed E-state index contributed by atoms with van der Waals surface area (Å²) in [7, 11) is -2.21. The molecule has 0 saturated carbocycles. The van der Waals surface area contributed by atoms with E-state index < -0.39 is 10.0 Å². The van der Waals surface area contributed by atoms with Crippen molar-refractivity contribution in [2.45, 2.75) is 4.90 Å². The van der Waals surface area contributed by atoms with Crippen molar-refractivity contribution in [3.05, 3.63) is 54.1 Å². The fourth-order valence-electron chi connectivity index (χ4n) is 3.22. The van der Waals surface area contributed by atoms with Crippen LogP contribution in [0.3, 0.4) is 0 Å². The van der Waals surface area contributed by atoms with Crippen LogP contribution >= 0.6 is 0 Å².